The summed E-state index contributed by atoms with van der Waals surface area (Å²) in [5.41, 5.74) is 2.26. The summed E-state index contributed by atoms with van der Waals surface area (Å²) in [6, 6.07) is 9.91. The van der Waals surface area contributed by atoms with Crippen LogP contribution < -0.4 is 0 Å². The van der Waals surface area contributed by atoms with E-state index in [2.05, 4.69) is 13.0 Å². The lowest BCUT2D eigenvalue weighted by Gasteiger charge is -1.96. The van der Waals surface area contributed by atoms with Crippen molar-refractivity contribution < 1.29 is 4.42 Å². The zero-order valence-electron chi connectivity index (χ0n) is 9.79. The Hall–Kier alpha value is -1.21. The summed E-state index contributed by atoms with van der Waals surface area (Å²) < 4.78 is 5.54. The minimum Gasteiger partial charge on any atom is -0.469 e. The van der Waals surface area contributed by atoms with Crippen LogP contribution in [0.2, 0.25) is 5.02 Å². The zero-order valence-corrected chi connectivity index (χ0v) is 10.5. The lowest BCUT2D eigenvalue weighted by molar-refractivity contribution is 0.499. The normalized spacial score (nSPS) is 10.7. The second-order valence-electron chi connectivity index (χ2n) is 4.12. The molecular weight excluding hydrogens is 232 g/mol. The summed E-state index contributed by atoms with van der Waals surface area (Å²) in [7, 11) is 0. The van der Waals surface area contributed by atoms with E-state index in [1.807, 2.05) is 30.5 Å². The quantitative estimate of drug-likeness (QED) is 0.666. The van der Waals surface area contributed by atoms with Crippen LogP contribution in [0.15, 0.2) is 41.0 Å². The third-order valence-corrected chi connectivity index (χ3v) is 3.01. The average Bonchev–Trinajstić information content (AvgIpc) is 2.79. The van der Waals surface area contributed by atoms with E-state index in [0.717, 1.165) is 47.6 Å². The average molecular weight is 248 g/mol. The highest BCUT2D eigenvalue weighted by Crippen LogP contribution is 2.24. The van der Waals surface area contributed by atoms with Crippen molar-refractivity contribution in [2.24, 2.45) is 0 Å². The van der Waals surface area contributed by atoms with Crippen LogP contribution in [0.5, 0.6) is 0 Å². The Morgan fingerprint density at radius 2 is 1.82 bits per heavy atom. The second kappa shape index (κ2) is 5.92. The van der Waals surface area contributed by atoms with Crippen molar-refractivity contribution in [3.05, 3.63) is 54.3 Å². The van der Waals surface area contributed by atoms with Crippen LogP contribution in [0.3, 0.4) is 0 Å². The predicted octanol–water partition coefficient (Wildman–Crippen LogP) is 5.15. The second-order valence-corrected chi connectivity index (χ2v) is 4.56. The first-order valence-electron chi connectivity index (χ1n) is 5.92. The fraction of sp³-hybridized carbons (Fsp3) is 0.267. The molecule has 1 aromatic carbocycles. The van der Waals surface area contributed by atoms with Gasteiger partial charge in [-0.3, -0.25) is 0 Å². The highest BCUT2D eigenvalue weighted by Gasteiger charge is 2.03. The number of rotatable bonds is 5. The summed E-state index contributed by atoms with van der Waals surface area (Å²) in [5, 5.41) is 0.757. The Labute approximate surface area is 107 Å². The van der Waals surface area contributed by atoms with E-state index in [4.69, 9.17) is 16.0 Å². The van der Waals surface area contributed by atoms with Crippen molar-refractivity contribution in [1.29, 1.82) is 0 Å². The molecule has 0 saturated heterocycles. The Morgan fingerprint density at radius 1 is 1.06 bits per heavy atom. The summed E-state index contributed by atoms with van der Waals surface area (Å²) in [6.45, 7) is 3.83. The maximum absolute atomic E-state index is 5.86. The molecule has 0 bridgehead atoms. The van der Waals surface area contributed by atoms with Crippen LogP contribution in [-0.2, 0) is 6.42 Å². The molecule has 0 saturated carbocycles. The maximum atomic E-state index is 5.86. The molecule has 2 rings (SSSR count). The first kappa shape index (κ1) is 12.3. The van der Waals surface area contributed by atoms with Crippen LogP contribution in [0, 0.1) is 6.92 Å². The van der Waals surface area contributed by atoms with Gasteiger partial charge in [-0.15, -0.1) is 0 Å². The SMILES string of the molecule is [CH2]CCCCc1cc(-c2ccc(Cl)cc2)co1. The van der Waals surface area contributed by atoms with Gasteiger partial charge in [-0.1, -0.05) is 43.5 Å². The number of hydrogen-bond donors (Lipinski definition) is 0. The molecule has 0 spiro atoms. The molecular formula is C15H16ClO. The van der Waals surface area contributed by atoms with Crippen LogP contribution in [0.4, 0.5) is 0 Å². The van der Waals surface area contributed by atoms with Gasteiger partial charge >= 0.3 is 0 Å². The fourth-order valence-electron chi connectivity index (χ4n) is 1.78. The largest absolute Gasteiger partial charge is 0.469 e. The minimum absolute atomic E-state index is 0.757. The molecule has 0 unspecified atom stereocenters. The molecule has 1 heterocycles. The Morgan fingerprint density at radius 3 is 2.53 bits per heavy atom. The van der Waals surface area contributed by atoms with E-state index in [0.29, 0.717) is 0 Å². The van der Waals surface area contributed by atoms with Crippen LogP contribution in [-0.4, -0.2) is 0 Å². The lowest BCUT2D eigenvalue weighted by atomic mass is 10.1. The molecule has 2 heteroatoms. The van der Waals surface area contributed by atoms with E-state index in [9.17, 15) is 0 Å². The smallest absolute Gasteiger partial charge is 0.104 e. The first-order chi connectivity index (χ1) is 8.29. The van der Waals surface area contributed by atoms with Crippen LogP contribution in [0.25, 0.3) is 11.1 Å². The molecule has 0 fully saturated rings. The molecule has 1 nitrogen and oxygen atoms in total. The Bertz CT molecular complexity index is 456. The standard InChI is InChI=1S/C15H16ClO/c1-2-3-4-5-15-10-13(11-17-15)12-6-8-14(16)9-7-12/h6-11H,1-5H2. The van der Waals surface area contributed by atoms with E-state index in [1.165, 1.54) is 0 Å². The van der Waals surface area contributed by atoms with Crippen molar-refractivity contribution in [3.8, 4) is 11.1 Å². The van der Waals surface area contributed by atoms with Crippen molar-refractivity contribution in [2.45, 2.75) is 25.7 Å². The molecule has 17 heavy (non-hydrogen) atoms. The van der Waals surface area contributed by atoms with E-state index >= 15 is 0 Å². The predicted molar refractivity (Wildman–Crippen MR) is 72.1 cm³/mol. The topological polar surface area (TPSA) is 13.1 Å². The van der Waals surface area contributed by atoms with E-state index in [1.54, 1.807) is 0 Å². The maximum Gasteiger partial charge on any atom is 0.104 e. The number of benzene rings is 1. The highest BCUT2D eigenvalue weighted by molar-refractivity contribution is 6.30. The van der Waals surface area contributed by atoms with Gasteiger partial charge in [0, 0.05) is 17.0 Å². The van der Waals surface area contributed by atoms with Crippen molar-refractivity contribution in [3.63, 3.8) is 0 Å². The van der Waals surface area contributed by atoms with Crippen LogP contribution >= 0.6 is 11.6 Å². The van der Waals surface area contributed by atoms with Gasteiger partial charge < -0.3 is 4.42 Å². The molecule has 0 aliphatic rings. The third kappa shape index (κ3) is 3.37. The van der Waals surface area contributed by atoms with Crippen molar-refractivity contribution >= 4 is 11.6 Å². The Balaban J connectivity index is 2.04. The molecule has 0 atom stereocenters. The molecule has 0 N–H and O–H groups in total. The Kier molecular flexibility index (Phi) is 4.27. The number of halogens is 1. The van der Waals surface area contributed by atoms with Crippen molar-refractivity contribution in [2.75, 3.05) is 0 Å². The van der Waals surface area contributed by atoms with Crippen molar-refractivity contribution in [1.82, 2.24) is 0 Å². The summed E-state index contributed by atoms with van der Waals surface area (Å²) in [5.74, 6) is 1.04. The molecule has 2 aromatic rings. The molecule has 89 valence electrons. The lowest BCUT2D eigenvalue weighted by Crippen LogP contribution is -1.81. The highest BCUT2D eigenvalue weighted by atomic mass is 35.5. The first-order valence-corrected chi connectivity index (χ1v) is 6.30. The van der Waals surface area contributed by atoms with Gasteiger partial charge in [-0.25, -0.2) is 0 Å². The number of aryl methyl sites for hydroxylation is 1. The van der Waals surface area contributed by atoms with Gasteiger partial charge in [-0.2, -0.15) is 0 Å². The van der Waals surface area contributed by atoms with Gasteiger partial charge in [0.25, 0.3) is 0 Å². The van der Waals surface area contributed by atoms with Crippen LogP contribution in [0.1, 0.15) is 25.0 Å². The fourth-order valence-corrected chi connectivity index (χ4v) is 1.91. The van der Waals surface area contributed by atoms with E-state index in [-0.39, 0.29) is 0 Å². The number of hydrogen-bond acceptors (Lipinski definition) is 1. The minimum atomic E-state index is 0.757. The summed E-state index contributed by atoms with van der Waals surface area (Å²) >= 11 is 5.86. The van der Waals surface area contributed by atoms with Gasteiger partial charge in [0.05, 0.1) is 6.26 Å². The van der Waals surface area contributed by atoms with Gasteiger partial charge in [0.15, 0.2) is 0 Å². The van der Waals surface area contributed by atoms with Gasteiger partial charge in [0.1, 0.15) is 5.76 Å². The molecule has 0 amide bonds. The van der Waals surface area contributed by atoms with Gasteiger partial charge in [-0.05, 0) is 30.2 Å². The monoisotopic (exact) mass is 247 g/mol. The summed E-state index contributed by atoms with van der Waals surface area (Å²) in [4.78, 5) is 0. The van der Waals surface area contributed by atoms with Gasteiger partial charge in [0.2, 0.25) is 0 Å². The summed E-state index contributed by atoms with van der Waals surface area (Å²) in [6.07, 6.45) is 6.07. The molecule has 1 aromatic heterocycles. The van der Waals surface area contributed by atoms with E-state index < -0.39 is 0 Å². The molecule has 0 aliphatic carbocycles. The number of unbranched alkanes of at least 4 members (excludes halogenated alkanes) is 2. The molecule has 1 radical (unpaired) electrons. The zero-order chi connectivity index (χ0) is 12.1. The molecule has 0 aliphatic heterocycles. The number of furan rings is 1. The third-order valence-electron chi connectivity index (χ3n) is 2.75.